The summed E-state index contributed by atoms with van der Waals surface area (Å²) in [5.41, 5.74) is 1.01. The minimum atomic E-state index is 0.477. The molecule has 0 amide bonds. The van der Waals surface area contributed by atoms with E-state index in [-0.39, 0.29) is 0 Å². The number of ether oxygens (including phenoxy) is 1. The maximum absolute atomic E-state index is 6.08. The second-order valence-corrected chi connectivity index (χ2v) is 4.67. The van der Waals surface area contributed by atoms with Crippen molar-refractivity contribution in [2.24, 2.45) is 0 Å². The Hall–Kier alpha value is -1.64. The summed E-state index contributed by atoms with van der Waals surface area (Å²) >= 11 is 12.2. The number of aromatic nitrogens is 1. The van der Waals surface area contributed by atoms with Gasteiger partial charge in [0.2, 0.25) is 0 Å². The smallest absolute Gasteiger partial charge is 0.164 e. The highest BCUT2D eigenvalue weighted by atomic mass is 35.5. The first-order chi connectivity index (χ1) is 8.75. The molecule has 1 N–H and O–H groups in total. The SMILES string of the molecule is Clc1cccc(Cl)c1Oc1c[nH]c2ccccc12. The monoisotopic (exact) mass is 277 g/mol. The third-order valence-corrected chi connectivity index (χ3v) is 3.28. The number of aromatic amines is 1. The lowest BCUT2D eigenvalue weighted by Gasteiger charge is -2.07. The molecule has 0 fully saturated rings. The fourth-order valence-corrected chi connectivity index (χ4v) is 2.29. The molecule has 0 aliphatic carbocycles. The van der Waals surface area contributed by atoms with Gasteiger partial charge in [-0.1, -0.05) is 41.4 Å². The number of H-pyrrole nitrogens is 1. The molecule has 0 saturated carbocycles. The molecule has 18 heavy (non-hydrogen) atoms. The summed E-state index contributed by atoms with van der Waals surface area (Å²) < 4.78 is 5.80. The van der Waals surface area contributed by atoms with Crippen LogP contribution in [0, 0.1) is 0 Å². The van der Waals surface area contributed by atoms with Crippen LogP contribution in [0.5, 0.6) is 11.5 Å². The molecule has 2 aromatic carbocycles. The van der Waals surface area contributed by atoms with Crippen LogP contribution < -0.4 is 4.74 Å². The number of hydrogen-bond acceptors (Lipinski definition) is 1. The topological polar surface area (TPSA) is 25.0 Å². The Balaban J connectivity index is 2.07. The summed E-state index contributed by atoms with van der Waals surface area (Å²) in [7, 11) is 0. The Labute approximate surface area is 114 Å². The Morgan fingerprint density at radius 2 is 1.61 bits per heavy atom. The van der Waals surface area contributed by atoms with Crippen molar-refractivity contribution in [1.29, 1.82) is 0 Å². The molecular formula is C14H9Cl2NO. The number of benzene rings is 2. The van der Waals surface area contributed by atoms with Gasteiger partial charge in [-0.15, -0.1) is 0 Å². The van der Waals surface area contributed by atoms with Crippen LogP contribution in [0.1, 0.15) is 0 Å². The molecule has 1 heterocycles. The summed E-state index contributed by atoms with van der Waals surface area (Å²) in [5.74, 6) is 1.19. The first-order valence-corrected chi connectivity index (χ1v) is 6.19. The minimum Gasteiger partial charge on any atom is -0.452 e. The van der Waals surface area contributed by atoms with Crippen LogP contribution in [-0.4, -0.2) is 4.98 Å². The summed E-state index contributed by atoms with van der Waals surface area (Å²) in [6, 6.07) is 13.2. The number of para-hydroxylation sites is 2. The zero-order valence-corrected chi connectivity index (χ0v) is 10.8. The fourth-order valence-electron chi connectivity index (χ4n) is 1.82. The van der Waals surface area contributed by atoms with Gasteiger partial charge in [0.15, 0.2) is 11.5 Å². The average molecular weight is 278 g/mol. The number of hydrogen-bond donors (Lipinski definition) is 1. The lowest BCUT2D eigenvalue weighted by Crippen LogP contribution is -1.85. The Bertz CT molecular complexity index is 686. The van der Waals surface area contributed by atoms with Gasteiger partial charge in [-0.05, 0) is 24.3 Å². The molecular weight excluding hydrogens is 269 g/mol. The maximum Gasteiger partial charge on any atom is 0.164 e. The summed E-state index contributed by atoms with van der Waals surface area (Å²) in [6.45, 7) is 0. The van der Waals surface area contributed by atoms with Crippen LogP contribution >= 0.6 is 23.2 Å². The molecule has 3 rings (SSSR count). The third kappa shape index (κ3) is 1.94. The van der Waals surface area contributed by atoms with Gasteiger partial charge in [0.05, 0.1) is 10.0 Å². The molecule has 0 unspecified atom stereocenters. The molecule has 0 bridgehead atoms. The van der Waals surface area contributed by atoms with E-state index in [1.165, 1.54) is 0 Å². The normalized spacial score (nSPS) is 10.8. The molecule has 4 heteroatoms. The summed E-state index contributed by atoms with van der Waals surface area (Å²) in [5, 5.41) is 1.98. The van der Waals surface area contributed by atoms with E-state index in [4.69, 9.17) is 27.9 Å². The van der Waals surface area contributed by atoms with Crippen LogP contribution in [0.3, 0.4) is 0 Å². The van der Waals surface area contributed by atoms with Gasteiger partial charge in [0.25, 0.3) is 0 Å². The van der Waals surface area contributed by atoms with E-state index >= 15 is 0 Å². The summed E-state index contributed by atoms with van der Waals surface area (Å²) in [4.78, 5) is 3.14. The van der Waals surface area contributed by atoms with Gasteiger partial charge in [0, 0.05) is 17.1 Å². The molecule has 0 spiro atoms. The van der Waals surface area contributed by atoms with Gasteiger partial charge in [-0.3, -0.25) is 0 Å². The molecule has 0 radical (unpaired) electrons. The van der Waals surface area contributed by atoms with E-state index in [9.17, 15) is 0 Å². The number of fused-ring (bicyclic) bond motifs is 1. The van der Waals surface area contributed by atoms with Crippen molar-refractivity contribution < 1.29 is 4.74 Å². The molecule has 0 atom stereocenters. The van der Waals surface area contributed by atoms with Crippen LogP contribution in [0.25, 0.3) is 10.9 Å². The van der Waals surface area contributed by atoms with Crippen LogP contribution in [0.4, 0.5) is 0 Å². The maximum atomic E-state index is 6.08. The lowest BCUT2D eigenvalue weighted by molar-refractivity contribution is 0.489. The molecule has 0 saturated heterocycles. The van der Waals surface area contributed by atoms with Gasteiger partial charge in [-0.2, -0.15) is 0 Å². The first-order valence-electron chi connectivity index (χ1n) is 5.43. The first kappa shape index (κ1) is 11.5. The predicted octanol–water partition coefficient (Wildman–Crippen LogP) is 5.27. The highest BCUT2D eigenvalue weighted by Gasteiger charge is 2.10. The zero-order valence-electron chi connectivity index (χ0n) is 9.28. The lowest BCUT2D eigenvalue weighted by atomic mass is 10.2. The average Bonchev–Trinajstić information content (AvgIpc) is 2.77. The molecule has 0 aliphatic rings. The van der Waals surface area contributed by atoms with Gasteiger partial charge in [-0.25, -0.2) is 0 Å². The Kier molecular flexibility index (Phi) is 2.90. The molecule has 0 aliphatic heterocycles. The van der Waals surface area contributed by atoms with Crippen molar-refractivity contribution in [2.75, 3.05) is 0 Å². The van der Waals surface area contributed by atoms with Crippen molar-refractivity contribution >= 4 is 34.1 Å². The van der Waals surface area contributed by atoms with E-state index in [2.05, 4.69) is 4.98 Å². The highest BCUT2D eigenvalue weighted by Crippen LogP contribution is 2.38. The quantitative estimate of drug-likeness (QED) is 0.678. The van der Waals surface area contributed by atoms with E-state index < -0.39 is 0 Å². The van der Waals surface area contributed by atoms with E-state index in [0.29, 0.717) is 21.5 Å². The highest BCUT2D eigenvalue weighted by molar-refractivity contribution is 6.37. The Morgan fingerprint density at radius 1 is 0.889 bits per heavy atom. The van der Waals surface area contributed by atoms with Gasteiger partial charge < -0.3 is 9.72 Å². The van der Waals surface area contributed by atoms with Crippen LogP contribution in [0.2, 0.25) is 10.0 Å². The van der Waals surface area contributed by atoms with Crippen molar-refractivity contribution in [3.63, 3.8) is 0 Å². The molecule has 1 aromatic heterocycles. The molecule has 3 aromatic rings. The number of rotatable bonds is 2. The van der Waals surface area contributed by atoms with Gasteiger partial charge >= 0.3 is 0 Å². The van der Waals surface area contributed by atoms with Crippen molar-refractivity contribution in [3.05, 3.63) is 58.7 Å². The Morgan fingerprint density at radius 3 is 2.39 bits per heavy atom. The molecule has 90 valence electrons. The van der Waals surface area contributed by atoms with E-state index in [1.54, 1.807) is 24.4 Å². The van der Waals surface area contributed by atoms with Crippen molar-refractivity contribution in [2.45, 2.75) is 0 Å². The van der Waals surface area contributed by atoms with E-state index in [1.807, 2.05) is 24.3 Å². The zero-order chi connectivity index (χ0) is 12.5. The van der Waals surface area contributed by atoms with Crippen LogP contribution in [-0.2, 0) is 0 Å². The van der Waals surface area contributed by atoms with Crippen molar-refractivity contribution in [1.82, 2.24) is 4.98 Å². The fraction of sp³-hybridized carbons (Fsp3) is 0. The summed E-state index contributed by atoms with van der Waals surface area (Å²) in [6.07, 6.45) is 1.80. The van der Waals surface area contributed by atoms with Crippen LogP contribution in [0.15, 0.2) is 48.7 Å². The largest absolute Gasteiger partial charge is 0.452 e. The number of halogens is 2. The third-order valence-electron chi connectivity index (χ3n) is 2.68. The second-order valence-electron chi connectivity index (χ2n) is 3.85. The van der Waals surface area contributed by atoms with E-state index in [0.717, 1.165) is 10.9 Å². The standard InChI is InChI=1S/C14H9Cl2NO/c15-10-5-3-6-11(16)14(10)18-13-8-17-12-7-2-1-4-9(12)13/h1-8,17H. The predicted molar refractivity (Wildman–Crippen MR) is 74.8 cm³/mol. The minimum absolute atomic E-state index is 0.477. The van der Waals surface area contributed by atoms with Crippen molar-refractivity contribution in [3.8, 4) is 11.5 Å². The van der Waals surface area contributed by atoms with Gasteiger partial charge in [0.1, 0.15) is 0 Å². The molecule has 2 nitrogen and oxygen atoms in total. The number of nitrogens with one attached hydrogen (secondary N) is 1. The second kappa shape index (κ2) is 4.56.